The molecule has 0 saturated carbocycles. The van der Waals surface area contributed by atoms with Crippen LogP contribution in [0.25, 0.3) is 0 Å². The monoisotopic (exact) mass is 460 g/mol. The molecule has 11 nitrogen and oxygen atoms in total. The standard InChI is InChI=1S/C23H24N8O3/c1-2-3-6-20-25-13-19(30(20)14-16-7-9-18(10-8-16)22(33)34)21(32)31(23-26-28-29-27-23)15-17-5-4-11-24-12-17/h4-5,7-13H,2-3,6,14-15H2,1H3,(H,33,34)(H,26,27,28,29). The van der Waals surface area contributed by atoms with Crippen LogP contribution >= 0.6 is 0 Å². The average molecular weight is 460 g/mol. The van der Waals surface area contributed by atoms with Crippen LogP contribution in [0.5, 0.6) is 0 Å². The number of carboxylic acids is 1. The lowest BCUT2D eigenvalue weighted by atomic mass is 10.1. The van der Waals surface area contributed by atoms with Gasteiger partial charge in [0.15, 0.2) is 0 Å². The zero-order valence-corrected chi connectivity index (χ0v) is 18.6. The predicted molar refractivity (Wildman–Crippen MR) is 122 cm³/mol. The molecule has 0 aliphatic rings. The maximum absolute atomic E-state index is 13.7. The van der Waals surface area contributed by atoms with Crippen molar-refractivity contribution in [2.75, 3.05) is 4.90 Å². The minimum Gasteiger partial charge on any atom is -0.478 e. The fraction of sp³-hybridized carbons (Fsp3) is 0.261. The van der Waals surface area contributed by atoms with Crippen molar-refractivity contribution >= 4 is 17.8 Å². The van der Waals surface area contributed by atoms with Gasteiger partial charge in [-0.1, -0.05) is 36.6 Å². The Morgan fingerprint density at radius 3 is 2.59 bits per heavy atom. The highest BCUT2D eigenvalue weighted by molar-refractivity contribution is 6.03. The number of benzene rings is 1. The molecule has 11 heteroatoms. The van der Waals surface area contributed by atoms with Crippen LogP contribution in [0, 0.1) is 0 Å². The van der Waals surface area contributed by atoms with E-state index < -0.39 is 5.97 Å². The summed E-state index contributed by atoms with van der Waals surface area (Å²) in [6.07, 6.45) is 7.52. The molecular weight excluding hydrogens is 436 g/mol. The zero-order valence-electron chi connectivity index (χ0n) is 18.6. The maximum atomic E-state index is 13.7. The van der Waals surface area contributed by atoms with E-state index in [1.165, 1.54) is 4.90 Å². The predicted octanol–water partition coefficient (Wildman–Crippen LogP) is 2.73. The zero-order chi connectivity index (χ0) is 23.9. The molecule has 174 valence electrons. The third-order valence-corrected chi connectivity index (χ3v) is 5.34. The van der Waals surface area contributed by atoms with E-state index in [0.29, 0.717) is 18.7 Å². The van der Waals surface area contributed by atoms with Crippen LogP contribution in [0.1, 0.15) is 57.6 Å². The van der Waals surface area contributed by atoms with Gasteiger partial charge in [-0.05, 0) is 41.0 Å². The number of rotatable bonds is 10. The van der Waals surface area contributed by atoms with E-state index in [0.717, 1.165) is 29.8 Å². The summed E-state index contributed by atoms with van der Waals surface area (Å²) in [6, 6.07) is 10.2. The van der Waals surface area contributed by atoms with Crippen molar-refractivity contribution in [1.29, 1.82) is 0 Å². The molecule has 1 amide bonds. The summed E-state index contributed by atoms with van der Waals surface area (Å²) in [5, 5.41) is 23.2. The first-order chi connectivity index (χ1) is 16.6. The number of H-pyrrole nitrogens is 1. The van der Waals surface area contributed by atoms with Crippen LogP contribution in [-0.2, 0) is 19.5 Å². The third-order valence-electron chi connectivity index (χ3n) is 5.34. The summed E-state index contributed by atoms with van der Waals surface area (Å²) in [5.41, 5.74) is 2.24. The second-order valence-corrected chi connectivity index (χ2v) is 7.72. The minimum atomic E-state index is -0.986. The van der Waals surface area contributed by atoms with Gasteiger partial charge in [0.05, 0.1) is 18.3 Å². The van der Waals surface area contributed by atoms with Gasteiger partial charge in [-0.15, -0.1) is 5.10 Å². The molecule has 2 N–H and O–H groups in total. The van der Waals surface area contributed by atoms with Gasteiger partial charge in [0, 0.05) is 25.4 Å². The highest BCUT2D eigenvalue weighted by Crippen LogP contribution is 2.19. The molecule has 0 aliphatic carbocycles. The number of hydrogen-bond donors (Lipinski definition) is 2. The largest absolute Gasteiger partial charge is 0.478 e. The number of nitrogens with one attached hydrogen (secondary N) is 1. The third kappa shape index (κ3) is 5.14. The SMILES string of the molecule is CCCCc1ncc(C(=O)N(Cc2cccnc2)c2nn[nH]n2)n1Cc1ccc(C(=O)O)cc1. The first-order valence-corrected chi connectivity index (χ1v) is 10.9. The Hall–Kier alpha value is -4.41. The second-order valence-electron chi connectivity index (χ2n) is 7.72. The summed E-state index contributed by atoms with van der Waals surface area (Å²) in [5.74, 6) is -0.396. The molecule has 3 aromatic heterocycles. The fourth-order valence-corrected chi connectivity index (χ4v) is 3.55. The van der Waals surface area contributed by atoms with Gasteiger partial charge in [-0.3, -0.25) is 14.7 Å². The average Bonchev–Trinajstić information content (AvgIpc) is 3.52. The molecule has 0 spiro atoms. The first kappa shape index (κ1) is 22.8. The van der Waals surface area contributed by atoms with E-state index in [9.17, 15) is 14.7 Å². The van der Waals surface area contributed by atoms with Crippen molar-refractivity contribution in [2.45, 2.75) is 39.3 Å². The van der Waals surface area contributed by atoms with E-state index in [1.54, 1.807) is 48.9 Å². The topological polar surface area (TPSA) is 143 Å². The van der Waals surface area contributed by atoms with Crippen molar-refractivity contribution in [3.05, 3.63) is 83.2 Å². The van der Waals surface area contributed by atoms with Crippen LogP contribution in [0.3, 0.4) is 0 Å². The maximum Gasteiger partial charge on any atom is 0.335 e. The molecule has 0 aliphatic heterocycles. The number of aromatic nitrogens is 7. The van der Waals surface area contributed by atoms with E-state index in [-0.39, 0.29) is 24.0 Å². The fourth-order valence-electron chi connectivity index (χ4n) is 3.55. The van der Waals surface area contributed by atoms with E-state index >= 15 is 0 Å². The normalized spacial score (nSPS) is 10.9. The van der Waals surface area contributed by atoms with E-state index in [2.05, 4.69) is 37.5 Å². The van der Waals surface area contributed by atoms with Crippen LogP contribution in [0.15, 0.2) is 55.0 Å². The Kier molecular flexibility index (Phi) is 7.01. The number of aromatic carboxylic acids is 1. The Morgan fingerprint density at radius 1 is 1.12 bits per heavy atom. The number of imidazole rings is 1. The van der Waals surface area contributed by atoms with Crippen molar-refractivity contribution in [1.82, 2.24) is 35.2 Å². The molecule has 0 bridgehead atoms. The minimum absolute atomic E-state index is 0.141. The summed E-state index contributed by atoms with van der Waals surface area (Å²) in [6.45, 7) is 2.66. The molecule has 0 radical (unpaired) electrons. The lowest BCUT2D eigenvalue weighted by Crippen LogP contribution is -2.33. The van der Waals surface area contributed by atoms with Crippen molar-refractivity contribution < 1.29 is 14.7 Å². The number of pyridine rings is 1. The van der Waals surface area contributed by atoms with Crippen LogP contribution in [0.2, 0.25) is 0 Å². The Morgan fingerprint density at radius 2 is 1.94 bits per heavy atom. The number of carbonyl (C=O) groups excluding carboxylic acids is 1. The van der Waals surface area contributed by atoms with E-state index in [4.69, 9.17) is 0 Å². The number of amides is 1. The lowest BCUT2D eigenvalue weighted by molar-refractivity contribution is 0.0696. The molecule has 0 unspecified atom stereocenters. The Labute approximate surface area is 195 Å². The van der Waals surface area contributed by atoms with Gasteiger partial charge < -0.3 is 9.67 Å². The smallest absolute Gasteiger partial charge is 0.335 e. The summed E-state index contributed by atoms with van der Waals surface area (Å²) in [4.78, 5) is 35.0. The molecule has 1 aromatic carbocycles. The molecule has 34 heavy (non-hydrogen) atoms. The Balaban J connectivity index is 1.69. The van der Waals surface area contributed by atoms with Gasteiger partial charge in [-0.25, -0.2) is 9.78 Å². The van der Waals surface area contributed by atoms with E-state index in [1.807, 2.05) is 10.6 Å². The highest BCUT2D eigenvalue weighted by Gasteiger charge is 2.26. The molecule has 0 fully saturated rings. The quantitative estimate of drug-likeness (QED) is 0.368. The number of aryl methyl sites for hydroxylation is 1. The van der Waals surface area contributed by atoms with Crippen molar-refractivity contribution in [3.8, 4) is 0 Å². The summed E-state index contributed by atoms with van der Waals surface area (Å²) in [7, 11) is 0. The second kappa shape index (κ2) is 10.5. The number of unbranched alkanes of at least 4 members (excludes halogenated alkanes) is 1. The number of tetrazole rings is 1. The van der Waals surface area contributed by atoms with Crippen molar-refractivity contribution in [3.63, 3.8) is 0 Å². The van der Waals surface area contributed by atoms with Crippen LogP contribution < -0.4 is 4.90 Å². The van der Waals surface area contributed by atoms with Crippen LogP contribution in [0.4, 0.5) is 5.95 Å². The lowest BCUT2D eigenvalue weighted by Gasteiger charge is -2.20. The van der Waals surface area contributed by atoms with Gasteiger partial charge >= 0.3 is 5.97 Å². The number of anilines is 1. The van der Waals surface area contributed by atoms with Gasteiger partial charge in [0.25, 0.3) is 11.9 Å². The molecule has 0 atom stereocenters. The molecule has 0 saturated heterocycles. The van der Waals surface area contributed by atoms with Gasteiger partial charge in [0.1, 0.15) is 11.5 Å². The number of carboxylic acid groups (broad SMARTS) is 1. The Bertz CT molecular complexity index is 1240. The molecule has 4 aromatic rings. The number of carbonyl (C=O) groups is 2. The van der Waals surface area contributed by atoms with Gasteiger partial charge in [0.2, 0.25) is 0 Å². The molecule has 3 heterocycles. The highest BCUT2D eigenvalue weighted by atomic mass is 16.4. The number of nitrogens with zero attached hydrogens (tertiary/aromatic N) is 7. The van der Waals surface area contributed by atoms with Crippen molar-refractivity contribution in [2.24, 2.45) is 0 Å². The number of hydrogen-bond acceptors (Lipinski definition) is 7. The first-order valence-electron chi connectivity index (χ1n) is 10.9. The summed E-state index contributed by atoms with van der Waals surface area (Å²) >= 11 is 0. The molecular formula is C23H24N8O3. The number of aromatic amines is 1. The van der Waals surface area contributed by atoms with Gasteiger partial charge in [-0.2, -0.15) is 5.21 Å². The summed E-state index contributed by atoms with van der Waals surface area (Å²) < 4.78 is 1.87. The van der Waals surface area contributed by atoms with Crippen LogP contribution in [-0.4, -0.2) is 52.1 Å². The molecule has 4 rings (SSSR count).